The van der Waals surface area contributed by atoms with Crippen LogP contribution in [0.15, 0.2) is 28.8 Å². The zero-order valence-corrected chi connectivity index (χ0v) is 14.0. The monoisotopic (exact) mass is 347 g/mol. The van der Waals surface area contributed by atoms with E-state index in [-0.39, 0.29) is 18.9 Å². The first-order valence-corrected chi connectivity index (χ1v) is 8.07. The Morgan fingerprint density at radius 1 is 1.24 bits per heavy atom. The number of carboxylic acids is 1. The Balaban J connectivity index is 1.82. The van der Waals surface area contributed by atoms with Crippen LogP contribution >= 0.6 is 0 Å². The molecule has 1 amide bonds. The highest BCUT2D eigenvalue weighted by Gasteiger charge is 2.12. The lowest BCUT2D eigenvalue weighted by Crippen LogP contribution is -2.25. The average molecular weight is 347 g/mol. The molecular weight excluding hydrogens is 326 g/mol. The van der Waals surface area contributed by atoms with E-state index in [1.165, 1.54) is 0 Å². The Morgan fingerprint density at radius 2 is 2.04 bits per heavy atom. The number of hydrogen-bond acceptors (Lipinski definition) is 6. The zero-order valence-electron chi connectivity index (χ0n) is 14.0. The van der Waals surface area contributed by atoms with E-state index < -0.39 is 5.97 Å². The Hall–Kier alpha value is -2.90. The lowest BCUT2D eigenvalue weighted by molar-refractivity contribution is -0.137. The van der Waals surface area contributed by atoms with Gasteiger partial charge in [-0.2, -0.15) is 4.98 Å². The van der Waals surface area contributed by atoms with Crippen molar-refractivity contribution >= 4 is 11.9 Å². The number of carbonyl (C=O) groups is 2. The van der Waals surface area contributed by atoms with Gasteiger partial charge in [0.05, 0.1) is 5.56 Å². The van der Waals surface area contributed by atoms with E-state index in [1.54, 1.807) is 31.2 Å². The summed E-state index contributed by atoms with van der Waals surface area (Å²) in [7, 11) is 0. The fourth-order valence-electron chi connectivity index (χ4n) is 2.20. The van der Waals surface area contributed by atoms with Gasteiger partial charge in [0.2, 0.25) is 11.7 Å². The largest absolute Gasteiger partial charge is 0.485 e. The minimum absolute atomic E-state index is 0.108. The Kier molecular flexibility index (Phi) is 6.94. The molecule has 0 bridgehead atoms. The summed E-state index contributed by atoms with van der Waals surface area (Å²) in [5.74, 6) is 0.261. The molecule has 1 heterocycles. The number of aromatic nitrogens is 2. The van der Waals surface area contributed by atoms with Crippen LogP contribution in [0.4, 0.5) is 0 Å². The van der Waals surface area contributed by atoms with Crippen LogP contribution in [0.5, 0.6) is 5.75 Å². The highest BCUT2D eigenvalue weighted by atomic mass is 16.5. The second-order valence-corrected chi connectivity index (χ2v) is 5.47. The number of aliphatic carboxylic acids is 1. The number of rotatable bonds is 10. The first-order valence-electron chi connectivity index (χ1n) is 8.07. The van der Waals surface area contributed by atoms with Gasteiger partial charge in [-0.15, -0.1) is 0 Å². The van der Waals surface area contributed by atoms with Crippen molar-refractivity contribution in [3.8, 4) is 5.75 Å². The molecule has 0 aliphatic heterocycles. The predicted molar refractivity (Wildman–Crippen MR) is 88.2 cm³/mol. The van der Waals surface area contributed by atoms with Crippen LogP contribution in [0.25, 0.3) is 0 Å². The fraction of sp³-hybridized carbons (Fsp3) is 0.412. The number of ether oxygens (including phenoxy) is 1. The van der Waals surface area contributed by atoms with Gasteiger partial charge < -0.3 is 19.7 Å². The number of carboxylic acid groups (broad SMARTS) is 1. The van der Waals surface area contributed by atoms with Crippen molar-refractivity contribution in [2.45, 2.75) is 39.2 Å². The van der Waals surface area contributed by atoms with E-state index in [2.05, 4.69) is 15.5 Å². The number of carbonyl (C=O) groups excluding carboxylic acids is 1. The molecular formula is C17H21N3O5. The van der Waals surface area contributed by atoms with E-state index in [0.717, 1.165) is 12.8 Å². The molecule has 0 aliphatic rings. The molecule has 0 radical (unpaired) electrons. The second kappa shape index (κ2) is 9.41. The number of hydrogen-bond donors (Lipinski definition) is 2. The highest BCUT2D eigenvalue weighted by Crippen LogP contribution is 2.19. The number of nitrogens with zero attached hydrogens (tertiary/aromatic N) is 2. The minimum atomic E-state index is -0.799. The van der Waals surface area contributed by atoms with Crippen LogP contribution in [0.3, 0.4) is 0 Å². The van der Waals surface area contributed by atoms with Gasteiger partial charge in [-0.1, -0.05) is 23.7 Å². The van der Waals surface area contributed by atoms with Crippen LogP contribution < -0.4 is 10.1 Å². The van der Waals surface area contributed by atoms with Crippen molar-refractivity contribution in [3.63, 3.8) is 0 Å². The van der Waals surface area contributed by atoms with E-state index >= 15 is 0 Å². The van der Waals surface area contributed by atoms with E-state index in [1.807, 2.05) is 0 Å². The van der Waals surface area contributed by atoms with Gasteiger partial charge in [-0.05, 0) is 25.0 Å². The summed E-state index contributed by atoms with van der Waals surface area (Å²) in [5.41, 5.74) is 0.424. The number of para-hydroxylation sites is 1. The third-order valence-corrected chi connectivity index (χ3v) is 3.41. The predicted octanol–water partition coefficient (Wildman–Crippen LogP) is 2.33. The van der Waals surface area contributed by atoms with Crippen molar-refractivity contribution in [2.75, 3.05) is 6.54 Å². The van der Waals surface area contributed by atoms with Gasteiger partial charge in [0, 0.05) is 19.9 Å². The summed E-state index contributed by atoms with van der Waals surface area (Å²) in [4.78, 5) is 26.8. The second-order valence-electron chi connectivity index (χ2n) is 5.47. The molecule has 1 aromatic carbocycles. The quantitative estimate of drug-likeness (QED) is 0.634. The maximum absolute atomic E-state index is 12.3. The summed E-state index contributed by atoms with van der Waals surface area (Å²) < 4.78 is 10.5. The van der Waals surface area contributed by atoms with E-state index in [0.29, 0.717) is 36.0 Å². The number of amides is 1. The van der Waals surface area contributed by atoms with Crippen LogP contribution in [-0.2, 0) is 11.4 Å². The molecule has 2 rings (SSSR count). The third kappa shape index (κ3) is 6.25. The van der Waals surface area contributed by atoms with Gasteiger partial charge in [-0.25, -0.2) is 0 Å². The smallest absolute Gasteiger partial charge is 0.303 e. The van der Waals surface area contributed by atoms with Crippen LogP contribution in [-0.4, -0.2) is 33.7 Å². The Labute approximate surface area is 145 Å². The fourth-order valence-corrected chi connectivity index (χ4v) is 2.20. The lowest BCUT2D eigenvalue weighted by atomic mass is 10.1. The summed E-state index contributed by atoms with van der Waals surface area (Å²) >= 11 is 0. The van der Waals surface area contributed by atoms with Crippen molar-refractivity contribution in [1.82, 2.24) is 15.5 Å². The van der Waals surface area contributed by atoms with Gasteiger partial charge >= 0.3 is 5.97 Å². The number of nitrogens with one attached hydrogen (secondary N) is 1. The number of benzene rings is 1. The molecule has 0 spiro atoms. The minimum Gasteiger partial charge on any atom is -0.485 e. The van der Waals surface area contributed by atoms with Gasteiger partial charge in [0.1, 0.15) is 5.75 Å². The standard InChI is InChI=1S/C17H21N3O5/c1-12-19-15(20-25-12)11-24-14-8-5-4-7-13(14)17(23)18-10-6-2-3-9-16(21)22/h4-5,7-8H,2-3,6,9-11H2,1H3,(H,18,23)(H,21,22). The first-order chi connectivity index (χ1) is 12.1. The topological polar surface area (TPSA) is 115 Å². The molecule has 2 aromatic rings. The SMILES string of the molecule is Cc1nc(COc2ccccc2C(=O)NCCCCCC(=O)O)no1. The van der Waals surface area contributed by atoms with Crippen LogP contribution in [0.2, 0.25) is 0 Å². The Bertz CT molecular complexity index is 714. The van der Waals surface area contributed by atoms with Crippen molar-refractivity contribution < 1.29 is 24.0 Å². The normalized spacial score (nSPS) is 10.4. The molecule has 8 heteroatoms. The molecule has 8 nitrogen and oxygen atoms in total. The van der Waals surface area contributed by atoms with Crippen molar-refractivity contribution in [1.29, 1.82) is 0 Å². The molecule has 1 aromatic heterocycles. The van der Waals surface area contributed by atoms with Crippen molar-refractivity contribution in [3.05, 3.63) is 41.5 Å². The molecule has 0 aliphatic carbocycles. The lowest BCUT2D eigenvalue weighted by Gasteiger charge is -2.10. The summed E-state index contributed by atoms with van der Waals surface area (Å²) in [6.45, 7) is 2.28. The number of aryl methyl sites for hydroxylation is 1. The third-order valence-electron chi connectivity index (χ3n) is 3.41. The average Bonchev–Trinajstić information content (AvgIpc) is 3.01. The van der Waals surface area contributed by atoms with E-state index in [9.17, 15) is 9.59 Å². The van der Waals surface area contributed by atoms with Gasteiger partial charge in [0.15, 0.2) is 6.61 Å². The summed E-state index contributed by atoms with van der Waals surface area (Å²) in [6, 6.07) is 6.91. The van der Waals surface area contributed by atoms with Crippen LogP contribution in [0, 0.1) is 6.92 Å². The molecule has 0 atom stereocenters. The summed E-state index contributed by atoms with van der Waals surface area (Å²) in [6.07, 6.45) is 2.24. The molecule has 0 saturated carbocycles. The molecule has 0 unspecified atom stereocenters. The van der Waals surface area contributed by atoms with Crippen LogP contribution in [0.1, 0.15) is 47.8 Å². The number of unbranched alkanes of at least 4 members (excludes halogenated alkanes) is 2. The first kappa shape index (κ1) is 18.4. The van der Waals surface area contributed by atoms with E-state index in [4.69, 9.17) is 14.4 Å². The van der Waals surface area contributed by atoms with Crippen molar-refractivity contribution in [2.24, 2.45) is 0 Å². The molecule has 134 valence electrons. The zero-order chi connectivity index (χ0) is 18.1. The Morgan fingerprint density at radius 3 is 2.76 bits per heavy atom. The maximum Gasteiger partial charge on any atom is 0.303 e. The summed E-state index contributed by atoms with van der Waals surface area (Å²) in [5, 5.41) is 15.1. The van der Waals surface area contributed by atoms with Gasteiger partial charge in [-0.3, -0.25) is 9.59 Å². The maximum atomic E-state index is 12.3. The molecule has 2 N–H and O–H groups in total. The molecule has 0 fully saturated rings. The highest BCUT2D eigenvalue weighted by molar-refractivity contribution is 5.96. The molecule has 25 heavy (non-hydrogen) atoms. The van der Waals surface area contributed by atoms with Gasteiger partial charge in [0.25, 0.3) is 5.91 Å². The molecule has 0 saturated heterocycles.